The van der Waals surface area contributed by atoms with Gasteiger partial charge in [0.15, 0.2) is 0 Å². The van der Waals surface area contributed by atoms with E-state index in [0.29, 0.717) is 6.54 Å². The van der Waals surface area contributed by atoms with E-state index in [1.165, 1.54) is 5.56 Å². The summed E-state index contributed by atoms with van der Waals surface area (Å²) >= 11 is 1.55. The number of nitrogens with two attached hydrogens (primary N) is 1. The van der Waals surface area contributed by atoms with Gasteiger partial charge in [0.25, 0.3) is 0 Å². The first kappa shape index (κ1) is 11.1. The molecule has 0 aliphatic rings. The van der Waals surface area contributed by atoms with Gasteiger partial charge in [0, 0.05) is 18.5 Å². The minimum absolute atomic E-state index is 0.567. The van der Waals surface area contributed by atoms with Crippen molar-refractivity contribution in [1.29, 1.82) is 0 Å². The molecular weight excluding hydrogens is 222 g/mol. The molecule has 0 amide bonds. The van der Waals surface area contributed by atoms with Crippen LogP contribution in [0.2, 0.25) is 0 Å². The first-order valence-corrected chi connectivity index (χ1v) is 5.72. The monoisotopic (exact) mass is 235 g/mol. The number of hydrogen-bond acceptors (Lipinski definition) is 5. The summed E-state index contributed by atoms with van der Waals surface area (Å²) in [6, 6.07) is 6.17. The smallest absolute Gasteiger partial charge is 0.213 e. The molecule has 1 aromatic heterocycles. The number of hydrogen-bond donors (Lipinski definition) is 1. The summed E-state index contributed by atoms with van der Waals surface area (Å²) in [4.78, 5) is 1.15. The standard InChI is InChI=1S/C10H13N5S/c1-7-5-8(6-11)3-4-9(7)16-10-12-13-14-15(10)2/h3-5H,6,11H2,1-2H3. The molecule has 0 atom stereocenters. The zero-order valence-electron chi connectivity index (χ0n) is 9.21. The molecule has 84 valence electrons. The zero-order valence-corrected chi connectivity index (χ0v) is 10.0. The number of rotatable bonds is 3. The molecule has 1 aromatic carbocycles. The molecule has 2 aromatic rings. The fraction of sp³-hybridized carbons (Fsp3) is 0.300. The lowest BCUT2D eigenvalue weighted by Crippen LogP contribution is -1.97. The van der Waals surface area contributed by atoms with Gasteiger partial charge in [0.2, 0.25) is 5.16 Å². The van der Waals surface area contributed by atoms with Crippen LogP contribution in [0.5, 0.6) is 0 Å². The van der Waals surface area contributed by atoms with E-state index in [9.17, 15) is 0 Å². The van der Waals surface area contributed by atoms with Crippen LogP contribution in [0.3, 0.4) is 0 Å². The highest BCUT2D eigenvalue weighted by atomic mass is 32.2. The Kier molecular flexibility index (Phi) is 3.21. The molecule has 6 heteroatoms. The highest BCUT2D eigenvalue weighted by Crippen LogP contribution is 2.28. The lowest BCUT2D eigenvalue weighted by molar-refractivity contribution is 0.664. The van der Waals surface area contributed by atoms with Gasteiger partial charge >= 0.3 is 0 Å². The lowest BCUT2D eigenvalue weighted by Gasteiger charge is -2.05. The first-order chi connectivity index (χ1) is 7.70. The van der Waals surface area contributed by atoms with Gasteiger partial charge in [-0.25, -0.2) is 4.68 Å². The quantitative estimate of drug-likeness (QED) is 0.863. The first-order valence-electron chi connectivity index (χ1n) is 4.90. The van der Waals surface area contributed by atoms with Crippen LogP contribution in [0.4, 0.5) is 0 Å². The summed E-state index contributed by atoms with van der Waals surface area (Å²) in [6.45, 7) is 2.63. The van der Waals surface area contributed by atoms with Gasteiger partial charge in [-0.05, 0) is 46.3 Å². The van der Waals surface area contributed by atoms with Crippen LogP contribution in [-0.4, -0.2) is 20.2 Å². The van der Waals surface area contributed by atoms with Gasteiger partial charge < -0.3 is 5.73 Å². The fourth-order valence-corrected chi connectivity index (χ4v) is 2.16. The Labute approximate surface area is 98.0 Å². The van der Waals surface area contributed by atoms with Crippen LogP contribution in [-0.2, 0) is 13.6 Å². The maximum Gasteiger partial charge on any atom is 0.213 e. The molecule has 0 unspecified atom stereocenters. The minimum Gasteiger partial charge on any atom is -0.326 e. The van der Waals surface area contributed by atoms with Gasteiger partial charge in [-0.1, -0.05) is 12.1 Å². The molecule has 0 aliphatic heterocycles. The summed E-state index contributed by atoms with van der Waals surface area (Å²) in [5.41, 5.74) is 7.91. The van der Waals surface area contributed by atoms with E-state index < -0.39 is 0 Å². The lowest BCUT2D eigenvalue weighted by atomic mass is 10.1. The second-order valence-corrected chi connectivity index (χ2v) is 4.50. The topological polar surface area (TPSA) is 69.6 Å². The SMILES string of the molecule is Cc1cc(CN)ccc1Sc1nnnn1C. The summed E-state index contributed by atoms with van der Waals surface area (Å²) in [5.74, 6) is 0. The van der Waals surface area contributed by atoms with Crippen molar-refractivity contribution in [2.24, 2.45) is 12.8 Å². The molecule has 0 spiro atoms. The number of tetrazole rings is 1. The van der Waals surface area contributed by atoms with E-state index in [0.717, 1.165) is 15.6 Å². The van der Waals surface area contributed by atoms with E-state index in [1.807, 2.05) is 13.1 Å². The molecule has 0 aliphatic carbocycles. The van der Waals surface area contributed by atoms with Crippen molar-refractivity contribution in [3.8, 4) is 0 Å². The fourth-order valence-electron chi connectivity index (χ4n) is 1.36. The van der Waals surface area contributed by atoms with Crippen molar-refractivity contribution in [3.05, 3.63) is 29.3 Å². The minimum atomic E-state index is 0.567. The molecular formula is C10H13N5S. The van der Waals surface area contributed by atoms with E-state index in [-0.39, 0.29) is 0 Å². The third-order valence-electron chi connectivity index (χ3n) is 2.26. The molecule has 0 saturated carbocycles. The Morgan fingerprint density at radius 3 is 2.81 bits per heavy atom. The third-order valence-corrected chi connectivity index (χ3v) is 3.46. The largest absolute Gasteiger partial charge is 0.326 e. The third kappa shape index (κ3) is 2.23. The highest BCUT2D eigenvalue weighted by molar-refractivity contribution is 7.99. The van der Waals surface area contributed by atoms with Crippen molar-refractivity contribution < 1.29 is 0 Å². The summed E-state index contributed by atoms with van der Waals surface area (Å²) in [5, 5.41) is 12.1. The molecule has 0 fully saturated rings. The maximum atomic E-state index is 5.59. The normalized spacial score (nSPS) is 10.7. The summed E-state index contributed by atoms with van der Waals surface area (Å²) < 4.78 is 1.65. The number of nitrogens with zero attached hydrogens (tertiary/aromatic N) is 4. The van der Waals surface area contributed by atoms with Crippen LogP contribution in [0.25, 0.3) is 0 Å². The molecule has 0 saturated heterocycles. The van der Waals surface area contributed by atoms with Crippen LogP contribution in [0.15, 0.2) is 28.3 Å². The van der Waals surface area contributed by atoms with Crippen molar-refractivity contribution >= 4 is 11.8 Å². The Hall–Kier alpha value is -1.40. The number of aryl methyl sites for hydroxylation is 2. The van der Waals surface area contributed by atoms with Crippen LogP contribution in [0, 0.1) is 6.92 Å². The van der Waals surface area contributed by atoms with Crippen LogP contribution >= 0.6 is 11.8 Å². The predicted molar refractivity (Wildman–Crippen MR) is 62.0 cm³/mol. The Morgan fingerprint density at radius 1 is 1.44 bits per heavy atom. The second-order valence-electron chi connectivity index (χ2n) is 3.49. The molecule has 5 nitrogen and oxygen atoms in total. The highest BCUT2D eigenvalue weighted by Gasteiger charge is 2.07. The van der Waals surface area contributed by atoms with Crippen LogP contribution in [0.1, 0.15) is 11.1 Å². The molecule has 2 N–H and O–H groups in total. The van der Waals surface area contributed by atoms with E-state index in [2.05, 4.69) is 34.6 Å². The van der Waals surface area contributed by atoms with Crippen LogP contribution < -0.4 is 5.73 Å². The Morgan fingerprint density at radius 2 is 2.25 bits per heavy atom. The van der Waals surface area contributed by atoms with Gasteiger partial charge in [0.1, 0.15) is 0 Å². The van der Waals surface area contributed by atoms with Gasteiger partial charge in [-0.15, -0.1) is 5.10 Å². The van der Waals surface area contributed by atoms with E-state index in [1.54, 1.807) is 16.4 Å². The predicted octanol–water partition coefficient (Wildman–Crippen LogP) is 1.13. The molecule has 2 rings (SSSR count). The Balaban J connectivity index is 2.25. The second kappa shape index (κ2) is 4.63. The average Bonchev–Trinajstić information content (AvgIpc) is 2.67. The van der Waals surface area contributed by atoms with Crippen molar-refractivity contribution in [3.63, 3.8) is 0 Å². The number of aromatic nitrogens is 4. The Bertz CT molecular complexity index is 494. The molecule has 16 heavy (non-hydrogen) atoms. The molecule has 0 radical (unpaired) electrons. The zero-order chi connectivity index (χ0) is 11.5. The van der Waals surface area contributed by atoms with E-state index >= 15 is 0 Å². The maximum absolute atomic E-state index is 5.59. The van der Waals surface area contributed by atoms with Gasteiger partial charge in [-0.2, -0.15) is 0 Å². The van der Waals surface area contributed by atoms with Gasteiger partial charge in [-0.3, -0.25) is 0 Å². The average molecular weight is 235 g/mol. The van der Waals surface area contributed by atoms with Crippen molar-refractivity contribution in [2.75, 3.05) is 0 Å². The summed E-state index contributed by atoms with van der Waals surface area (Å²) in [6.07, 6.45) is 0. The van der Waals surface area contributed by atoms with Gasteiger partial charge in [0.05, 0.1) is 0 Å². The molecule has 0 bridgehead atoms. The number of benzene rings is 1. The van der Waals surface area contributed by atoms with Crippen molar-refractivity contribution in [1.82, 2.24) is 20.2 Å². The van der Waals surface area contributed by atoms with E-state index in [4.69, 9.17) is 5.73 Å². The summed E-state index contributed by atoms with van der Waals surface area (Å²) in [7, 11) is 1.83. The van der Waals surface area contributed by atoms with Crippen molar-refractivity contribution in [2.45, 2.75) is 23.5 Å². The molecule has 1 heterocycles.